The average molecular weight is 543 g/mol. The van der Waals surface area contributed by atoms with Gasteiger partial charge < -0.3 is 29.3 Å². The van der Waals surface area contributed by atoms with Crippen LogP contribution in [0.4, 0.5) is 11.6 Å². The number of carbonyl (C=O) groups is 1. The fourth-order valence-electron chi connectivity index (χ4n) is 5.09. The van der Waals surface area contributed by atoms with Crippen molar-refractivity contribution < 1.29 is 19.0 Å². The molecule has 2 fully saturated rings. The molecule has 40 heavy (non-hydrogen) atoms. The van der Waals surface area contributed by atoms with Gasteiger partial charge in [-0.2, -0.15) is 5.26 Å². The first kappa shape index (κ1) is 27.4. The molecule has 5 rings (SSSR count). The van der Waals surface area contributed by atoms with E-state index in [1.165, 1.54) is 0 Å². The van der Waals surface area contributed by atoms with Crippen molar-refractivity contribution in [2.24, 2.45) is 0 Å². The second-order valence-electron chi connectivity index (χ2n) is 10.2. The van der Waals surface area contributed by atoms with E-state index in [0.717, 1.165) is 37.9 Å². The molecule has 10 heteroatoms. The molecule has 1 aromatic heterocycles. The molecule has 2 saturated heterocycles. The van der Waals surface area contributed by atoms with E-state index >= 15 is 0 Å². The van der Waals surface area contributed by atoms with Crippen molar-refractivity contribution in [1.82, 2.24) is 19.8 Å². The number of anilines is 2. The number of hydrogen-bond donors (Lipinski definition) is 1. The third kappa shape index (κ3) is 6.17. The van der Waals surface area contributed by atoms with Gasteiger partial charge >= 0.3 is 0 Å². The van der Waals surface area contributed by atoms with E-state index in [2.05, 4.69) is 33.3 Å². The molecular weight excluding hydrogens is 508 g/mol. The molecule has 10 nitrogen and oxygen atoms in total. The zero-order valence-electron chi connectivity index (χ0n) is 23.1. The summed E-state index contributed by atoms with van der Waals surface area (Å²) in [7, 11) is 5.47. The van der Waals surface area contributed by atoms with Gasteiger partial charge in [0.05, 0.1) is 37.1 Å². The highest BCUT2D eigenvalue weighted by Gasteiger charge is 2.28. The van der Waals surface area contributed by atoms with Crippen LogP contribution in [0.5, 0.6) is 11.5 Å². The zero-order chi connectivity index (χ0) is 28.1. The van der Waals surface area contributed by atoms with Gasteiger partial charge in [0.25, 0.3) is 5.91 Å². The summed E-state index contributed by atoms with van der Waals surface area (Å²) in [5.74, 6) is 1.35. The summed E-state index contributed by atoms with van der Waals surface area (Å²) in [4.78, 5) is 26.3. The molecule has 1 amide bonds. The largest absolute Gasteiger partial charge is 0.496 e. The molecule has 1 unspecified atom stereocenters. The number of benzene rings is 2. The minimum atomic E-state index is -0.0699. The number of methoxy groups -OCH3 is 1. The van der Waals surface area contributed by atoms with Crippen LogP contribution in [0, 0.1) is 11.3 Å². The number of likely N-dealkylation sites (tertiary alicyclic amines) is 1. The molecule has 2 aliphatic rings. The predicted octanol–water partition coefficient (Wildman–Crippen LogP) is 4.10. The number of amides is 1. The lowest BCUT2D eigenvalue weighted by Gasteiger charge is -2.25. The second kappa shape index (κ2) is 12.3. The molecule has 1 atom stereocenters. The molecule has 0 bridgehead atoms. The van der Waals surface area contributed by atoms with Crippen LogP contribution in [-0.4, -0.2) is 85.3 Å². The lowest BCUT2D eigenvalue weighted by atomic mass is 10.1. The SMILES string of the molecule is COc1cc(Nc2nccc(-c3ccc(OC4CCOCC4)c(C#N)c3)n2)ccc1C(=O)N(C)C1CCN(C)C1. The average Bonchev–Trinajstić information content (AvgIpc) is 3.43. The fourth-order valence-corrected chi connectivity index (χ4v) is 5.09. The maximum Gasteiger partial charge on any atom is 0.257 e. The van der Waals surface area contributed by atoms with Crippen molar-refractivity contribution in [3.63, 3.8) is 0 Å². The summed E-state index contributed by atoms with van der Waals surface area (Å²) >= 11 is 0. The first-order valence-electron chi connectivity index (χ1n) is 13.5. The third-order valence-electron chi connectivity index (χ3n) is 7.44. The predicted molar refractivity (Wildman–Crippen MR) is 151 cm³/mol. The van der Waals surface area contributed by atoms with Crippen molar-refractivity contribution in [2.45, 2.75) is 31.4 Å². The summed E-state index contributed by atoms with van der Waals surface area (Å²) in [6, 6.07) is 15.1. The van der Waals surface area contributed by atoms with Crippen LogP contribution in [0.3, 0.4) is 0 Å². The highest BCUT2D eigenvalue weighted by Crippen LogP contribution is 2.30. The van der Waals surface area contributed by atoms with Gasteiger partial charge in [0.2, 0.25) is 5.95 Å². The first-order chi connectivity index (χ1) is 19.4. The number of nitrogens with one attached hydrogen (secondary N) is 1. The normalized spacial score (nSPS) is 17.7. The monoisotopic (exact) mass is 542 g/mol. The van der Waals surface area contributed by atoms with Gasteiger partial charge in [-0.3, -0.25) is 4.79 Å². The van der Waals surface area contributed by atoms with Crippen molar-refractivity contribution in [3.05, 3.63) is 59.8 Å². The van der Waals surface area contributed by atoms with Crippen LogP contribution in [0.15, 0.2) is 48.7 Å². The number of ether oxygens (including phenoxy) is 3. The molecule has 2 aromatic carbocycles. The minimum Gasteiger partial charge on any atom is -0.496 e. The molecule has 0 aliphatic carbocycles. The molecular formula is C30H34N6O4. The highest BCUT2D eigenvalue weighted by molar-refractivity contribution is 5.97. The van der Waals surface area contributed by atoms with Crippen molar-refractivity contribution in [1.29, 1.82) is 5.26 Å². The number of carbonyl (C=O) groups excluding carboxylic acids is 1. The molecule has 0 radical (unpaired) electrons. The summed E-state index contributed by atoms with van der Waals surface area (Å²) in [6.07, 6.45) is 4.27. The van der Waals surface area contributed by atoms with E-state index in [0.29, 0.717) is 53.2 Å². The van der Waals surface area contributed by atoms with Gasteiger partial charge in [0, 0.05) is 56.0 Å². The van der Waals surface area contributed by atoms with Gasteiger partial charge in [-0.05, 0) is 56.4 Å². The van der Waals surface area contributed by atoms with Crippen molar-refractivity contribution in [3.8, 4) is 28.8 Å². The summed E-state index contributed by atoms with van der Waals surface area (Å²) < 4.78 is 17.0. The van der Waals surface area contributed by atoms with Gasteiger partial charge in [-0.15, -0.1) is 0 Å². The lowest BCUT2D eigenvalue weighted by Crippen LogP contribution is -2.38. The number of nitrogens with zero attached hydrogens (tertiary/aromatic N) is 5. The standard InChI is InChI=1S/C30H34N6O4/c1-35-13-9-23(19-35)36(2)29(37)25-6-5-22(17-28(25)38-3)33-30-32-12-8-26(34-30)20-4-7-27(21(16-20)18-31)40-24-10-14-39-15-11-24/h4-8,12,16-17,23-24H,9-11,13-15,19H2,1-3H3,(H,32,33,34). The van der Waals surface area contributed by atoms with Crippen LogP contribution in [-0.2, 0) is 4.74 Å². The Balaban J connectivity index is 1.31. The van der Waals surface area contributed by atoms with Crippen LogP contribution in [0.25, 0.3) is 11.3 Å². The Labute approximate surface area is 234 Å². The number of nitriles is 1. The topological polar surface area (TPSA) is 113 Å². The maximum absolute atomic E-state index is 13.2. The Kier molecular flexibility index (Phi) is 8.43. The maximum atomic E-state index is 13.2. The summed E-state index contributed by atoms with van der Waals surface area (Å²) in [5, 5.41) is 13.0. The molecule has 1 N–H and O–H groups in total. The van der Waals surface area contributed by atoms with E-state index in [-0.39, 0.29) is 18.1 Å². The number of rotatable bonds is 8. The Morgan fingerprint density at radius 1 is 1.15 bits per heavy atom. The van der Waals surface area contributed by atoms with Gasteiger partial charge in [0.15, 0.2) is 0 Å². The minimum absolute atomic E-state index is 0.0463. The first-order valence-corrected chi connectivity index (χ1v) is 13.5. The van der Waals surface area contributed by atoms with Crippen molar-refractivity contribution >= 4 is 17.5 Å². The summed E-state index contributed by atoms with van der Waals surface area (Å²) in [6.45, 7) is 3.18. The molecule has 0 saturated carbocycles. The smallest absolute Gasteiger partial charge is 0.257 e. The van der Waals surface area contributed by atoms with E-state index < -0.39 is 0 Å². The quantitative estimate of drug-likeness (QED) is 0.449. The van der Waals surface area contributed by atoms with E-state index in [9.17, 15) is 10.1 Å². The Morgan fingerprint density at radius 3 is 2.70 bits per heavy atom. The summed E-state index contributed by atoms with van der Waals surface area (Å²) in [5.41, 5.74) is 3.09. The van der Waals surface area contributed by atoms with Gasteiger partial charge in [-0.25, -0.2) is 9.97 Å². The van der Waals surface area contributed by atoms with Crippen LogP contribution in [0.2, 0.25) is 0 Å². The van der Waals surface area contributed by atoms with E-state index in [1.807, 2.05) is 25.2 Å². The fraction of sp³-hybridized carbons (Fsp3) is 0.400. The van der Waals surface area contributed by atoms with Gasteiger partial charge in [0.1, 0.15) is 23.7 Å². The molecule has 3 heterocycles. The lowest BCUT2D eigenvalue weighted by molar-refractivity contribution is 0.0254. The molecule has 3 aromatic rings. The Bertz CT molecular complexity index is 1400. The number of likely N-dealkylation sites (N-methyl/N-ethyl adjacent to an activating group) is 2. The van der Waals surface area contributed by atoms with Crippen LogP contribution < -0.4 is 14.8 Å². The van der Waals surface area contributed by atoms with E-state index in [1.54, 1.807) is 42.5 Å². The molecule has 2 aliphatic heterocycles. The second-order valence-corrected chi connectivity index (χ2v) is 10.2. The highest BCUT2D eigenvalue weighted by atomic mass is 16.5. The number of aromatic nitrogens is 2. The zero-order valence-corrected chi connectivity index (χ0v) is 23.1. The Morgan fingerprint density at radius 2 is 1.98 bits per heavy atom. The van der Waals surface area contributed by atoms with Gasteiger partial charge in [-0.1, -0.05) is 0 Å². The van der Waals surface area contributed by atoms with Crippen LogP contribution >= 0.6 is 0 Å². The molecule has 0 spiro atoms. The molecule has 208 valence electrons. The van der Waals surface area contributed by atoms with E-state index in [4.69, 9.17) is 14.2 Å². The van der Waals surface area contributed by atoms with Crippen molar-refractivity contribution in [2.75, 3.05) is 52.8 Å². The van der Waals surface area contributed by atoms with Crippen LogP contribution in [0.1, 0.15) is 35.2 Å². The third-order valence-corrected chi connectivity index (χ3v) is 7.44. The number of hydrogen-bond acceptors (Lipinski definition) is 9. The Hall–Kier alpha value is -4.20.